The number of hydrogen-bond donors (Lipinski definition) is 2. The van der Waals surface area contributed by atoms with Gasteiger partial charge < -0.3 is 15.7 Å². The van der Waals surface area contributed by atoms with Crippen LogP contribution >= 0.6 is 0 Å². The molecular formula is C14H19N3O4. The molecule has 3 N–H and O–H groups in total. The predicted molar refractivity (Wildman–Crippen MR) is 77.9 cm³/mol. The maximum atomic E-state index is 12.6. The van der Waals surface area contributed by atoms with Crippen molar-refractivity contribution < 1.29 is 14.8 Å². The summed E-state index contributed by atoms with van der Waals surface area (Å²) in [6, 6.07) is 4.17. The number of hydrogen-bond acceptors (Lipinski definition) is 5. The lowest BCUT2D eigenvalue weighted by Gasteiger charge is -2.28. The minimum absolute atomic E-state index is 0.0334. The van der Waals surface area contributed by atoms with E-state index in [0.717, 1.165) is 25.7 Å². The number of aliphatic hydroxyl groups excluding tert-OH is 1. The average molecular weight is 293 g/mol. The number of nitro groups is 1. The Morgan fingerprint density at radius 1 is 1.43 bits per heavy atom. The maximum Gasteiger partial charge on any atom is 0.292 e. The van der Waals surface area contributed by atoms with Crippen LogP contribution in [0.15, 0.2) is 18.2 Å². The lowest BCUT2D eigenvalue weighted by atomic mass is 10.1. The molecule has 0 aromatic heterocycles. The third-order valence-electron chi connectivity index (χ3n) is 3.84. The SMILES string of the molecule is Nc1ccc(C(=O)N(CCO)C2CCCC2)cc1[N+](=O)[O-]. The van der Waals surface area contributed by atoms with E-state index in [1.165, 1.54) is 18.2 Å². The molecule has 0 saturated heterocycles. The molecule has 1 amide bonds. The summed E-state index contributed by atoms with van der Waals surface area (Å²) in [5, 5.41) is 20.1. The lowest BCUT2D eigenvalue weighted by molar-refractivity contribution is -0.383. The minimum atomic E-state index is -0.599. The van der Waals surface area contributed by atoms with Crippen LogP contribution in [0.1, 0.15) is 36.0 Å². The molecule has 0 unspecified atom stereocenters. The number of rotatable bonds is 5. The summed E-state index contributed by atoms with van der Waals surface area (Å²) in [5.74, 6) is -0.293. The van der Waals surface area contributed by atoms with Crippen molar-refractivity contribution in [1.82, 2.24) is 4.90 Å². The second-order valence-corrected chi connectivity index (χ2v) is 5.19. The van der Waals surface area contributed by atoms with Crippen molar-refractivity contribution in [2.75, 3.05) is 18.9 Å². The number of nitrogen functional groups attached to an aromatic ring is 1. The van der Waals surface area contributed by atoms with E-state index in [-0.39, 0.29) is 42.0 Å². The topological polar surface area (TPSA) is 110 Å². The van der Waals surface area contributed by atoms with Crippen molar-refractivity contribution in [2.24, 2.45) is 0 Å². The molecule has 2 rings (SSSR count). The molecule has 7 nitrogen and oxygen atoms in total. The van der Waals surface area contributed by atoms with E-state index >= 15 is 0 Å². The maximum absolute atomic E-state index is 12.6. The molecule has 0 spiro atoms. The predicted octanol–water partition coefficient (Wildman–Crippen LogP) is 1.55. The first kappa shape index (κ1) is 15.2. The fourth-order valence-corrected chi connectivity index (χ4v) is 2.77. The van der Waals surface area contributed by atoms with E-state index in [4.69, 9.17) is 10.8 Å². The first-order chi connectivity index (χ1) is 10.0. The number of aliphatic hydroxyl groups is 1. The summed E-state index contributed by atoms with van der Waals surface area (Å²) in [4.78, 5) is 24.5. The third-order valence-corrected chi connectivity index (χ3v) is 3.84. The molecule has 1 aromatic rings. The zero-order chi connectivity index (χ0) is 15.4. The average Bonchev–Trinajstić information content (AvgIpc) is 2.98. The molecule has 114 valence electrons. The van der Waals surface area contributed by atoms with Gasteiger partial charge in [0.2, 0.25) is 0 Å². The lowest BCUT2D eigenvalue weighted by Crippen LogP contribution is -2.40. The number of nitrogens with two attached hydrogens (primary N) is 1. The quantitative estimate of drug-likeness (QED) is 0.486. The van der Waals surface area contributed by atoms with E-state index in [2.05, 4.69) is 0 Å². The van der Waals surface area contributed by atoms with Gasteiger partial charge in [-0.05, 0) is 25.0 Å². The first-order valence-electron chi connectivity index (χ1n) is 7.00. The van der Waals surface area contributed by atoms with E-state index in [1.807, 2.05) is 0 Å². The van der Waals surface area contributed by atoms with Crippen LogP contribution in [0.4, 0.5) is 11.4 Å². The number of carbonyl (C=O) groups excluding carboxylic acids is 1. The van der Waals surface area contributed by atoms with Crippen LogP contribution in [0, 0.1) is 10.1 Å². The van der Waals surface area contributed by atoms with Crippen LogP contribution < -0.4 is 5.73 Å². The number of nitro benzene ring substituents is 1. The zero-order valence-corrected chi connectivity index (χ0v) is 11.7. The van der Waals surface area contributed by atoms with Gasteiger partial charge in [0.15, 0.2) is 0 Å². The summed E-state index contributed by atoms with van der Waals surface area (Å²) in [6.45, 7) is 0.112. The highest BCUT2D eigenvalue weighted by atomic mass is 16.6. The Morgan fingerprint density at radius 3 is 2.67 bits per heavy atom. The Labute approximate surface area is 122 Å². The first-order valence-corrected chi connectivity index (χ1v) is 7.00. The van der Waals surface area contributed by atoms with Crippen LogP contribution in [0.25, 0.3) is 0 Å². The summed E-state index contributed by atoms with van der Waals surface area (Å²) >= 11 is 0. The van der Waals surface area contributed by atoms with Crippen molar-refractivity contribution in [1.29, 1.82) is 0 Å². The monoisotopic (exact) mass is 293 g/mol. The number of benzene rings is 1. The molecule has 0 radical (unpaired) electrons. The largest absolute Gasteiger partial charge is 0.395 e. The van der Waals surface area contributed by atoms with Gasteiger partial charge in [-0.3, -0.25) is 14.9 Å². The molecular weight excluding hydrogens is 274 g/mol. The highest BCUT2D eigenvalue weighted by Gasteiger charge is 2.28. The standard InChI is InChI=1S/C14H19N3O4/c15-12-6-5-10(9-13(12)17(20)21)14(19)16(7-8-18)11-3-1-2-4-11/h5-6,9,11,18H,1-4,7-8,15H2. The normalized spacial score (nSPS) is 15.1. The Kier molecular flexibility index (Phi) is 4.74. The van der Waals surface area contributed by atoms with Crippen LogP contribution in [0.5, 0.6) is 0 Å². The van der Waals surface area contributed by atoms with E-state index in [9.17, 15) is 14.9 Å². The third kappa shape index (κ3) is 3.30. The van der Waals surface area contributed by atoms with Gasteiger partial charge in [-0.25, -0.2) is 0 Å². The Hall–Kier alpha value is -2.15. The molecule has 1 aliphatic rings. The van der Waals surface area contributed by atoms with Crippen molar-refractivity contribution in [2.45, 2.75) is 31.7 Å². The molecule has 1 fully saturated rings. The summed E-state index contributed by atoms with van der Waals surface area (Å²) in [7, 11) is 0. The molecule has 0 atom stereocenters. The molecule has 0 aliphatic heterocycles. The highest BCUT2D eigenvalue weighted by Crippen LogP contribution is 2.27. The molecule has 1 aliphatic carbocycles. The fourth-order valence-electron chi connectivity index (χ4n) is 2.77. The Balaban J connectivity index is 2.27. The number of carbonyl (C=O) groups is 1. The van der Waals surface area contributed by atoms with Gasteiger partial charge in [-0.15, -0.1) is 0 Å². The van der Waals surface area contributed by atoms with Gasteiger partial charge in [0, 0.05) is 24.2 Å². The molecule has 0 bridgehead atoms. The van der Waals surface area contributed by atoms with Crippen molar-refractivity contribution >= 4 is 17.3 Å². The smallest absolute Gasteiger partial charge is 0.292 e. The van der Waals surface area contributed by atoms with Crippen molar-refractivity contribution in [3.05, 3.63) is 33.9 Å². The molecule has 1 saturated carbocycles. The van der Waals surface area contributed by atoms with Gasteiger partial charge in [0.05, 0.1) is 11.5 Å². The van der Waals surface area contributed by atoms with Gasteiger partial charge >= 0.3 is 0 Å². The minimum Gasteiger partial charge on any atom is -0.395 e. The summed E-state index contributed by atoms with van der Waals surface area (Å²) in [6.07, 6.45) is 3.93. The molecule has 1 aromatic carbocycles. The summed E-state index contributed by atoms with van der Waals surface area (Å²) in [5.41, 5.74) is 5.54. The Bertz CT molecular complexity index is 541. The summed E-state index contributed by atoms with van der Waals surface area (Å²) < 4.78 is 0. The highest BCUT2D eigenvalue weighted by molar-refractivity contribution is 5.95. The zero-order valence-electron chi connectivity index (χ0n) is 11.7. The van der Waals surface area contributed by atoms with Gasteiger partial charge in [0.25, 0.3) is 11.6 Å². The van der Waals surface area contributed by atoms with Gasteiger partial charge in [0.1, 0.15) is 5.69 Å². The van der Waals surface area contributed by atoms with Crippen LogP contribution in [0.3, 0.4) is 0 Å². The molecule has 0 heterocycles. The Morgan fingerprint density at radius 2 is 2.10 bits per heavy atom. The van der Waals surface area contributed by atoms with Crippen molar-refractivity contribution in [3.63, 3.8) is 0 Å². The van der Waals surface area contributed by atoms with Crippen LogP contribution in [0.2, 0.25) is 0 Å². The fraction of sp³-hybridized carbons (Fsp3) is 0.500. The van der Waals surface area contributed by atoms with E-state index in [0.29, 0.717) is 0 Å². The second-order valence-electron chi connectivity index (χ2n) is 5.19. The molecule has 21 heavy (non-hydrogen) atoms. The van der Waals surface area contributed by atoms with E-state index < -0.39 is 4.92 Å². The number of amides is 1. The van der Waals surface area contributed by atoms with Gasteiger partial charge in [-0.1, -0.05) is 12.8 Å². The van der Waals surface area contributed by atoms with Gasteiger partial charge in [-0.2, -0.15) is 0 Å². The number of anilines is 1. The van der Waals surface area contributed by atoms with Crippen LogP contribution in [-0.4, -0.2) is 40.0 Å². The second kappa shape index (κ2) is 6.53. The van der Waals surface area contributed by atoms with E-state index in [1.54, 1.807) is 4.90 Å². The van der Waals surface area contributed by atoms with Crippen molar-refractivity contribution in [3.8, 4) is 0 Å². The molecule has 7 heteroatoms. The van der Waals surface area contributed by atoms with Crippen LogP contribution in [-0.2, 0) is 0 Å². The number of nitrogens with zero attached hydrogens (tertiary/aromatic N) is 2.